The van der Waals surface area contributed by atoms with Gasteiger partial charge in [-0.05, 0) is 49.9 Å². The summed E-state index contributed by atoms with van der Waals surface area (Å²) >= 11 is 0. The number of benzene rings is 1. The number of nitrogens with zero attached hydrogens (tertiary/aromatic N) is 1. The Morgan fingerprint density at radius 2 is 1.80 bits per heavy atom. The summed E-state index contributed by atoms with van der Waals surface area (Å²) in [6.45, 7) is 3.61. The van der Waals surface area contributed by atoms with Gasteiger partial charge in [0.1, 0.15) is 11.3 Å². The van der Waals surface area contributed by atoms with E-state index in [1.165, 1.54) is 0 Å². The smallest absolute Gasteiger partial charge is 0.344 e. The van der Waals surface area contributed by atoms with Crippen molar-refractivity contribution in [3.05, 3.63) is 29.3 Å². The molecule has 0 aromatic heterocycles. The molecule has 2 aliphatic rings. The molecule has 1 aromatic rings. The molecule has 2 N–H and O–H groups in total. The number of hydrazine groups is 1. The third kappa shape index (κ3) is 3.60. The Balaban J connectivity index is 1.59. The molecule has 1 saturated heterocycles. The monoisotopic (exact) mass is 345 g/mol. The van der Waals surface area contributed by atoms with Gasteiger partial charge in [0.15, 0.2) is 6.61 Å². The van der Waals surface area contributed by atoms with Crippen molar-refractivity contribution in [2.24, 2.45) is 0 Å². The van der Waals surface area contributed by atoms with E-state index in [2.05, 4.69) is 10.7 Å². The predicted molar refractivity (Wildman–Crippen MR) is 90.7 cm³/mol. The SMILES string of the molecule is Cc1cc(C)cc(OCC(=O)NN2C(=O)NC3(CCCCC3)C2=O)c1. The van der Waals surface area contributed by atoms with Gasteiger partial charge in [-0.3, -0.25) is 15.0 Å². The van der Waals surface area contributed by atoms with Crippen molar-refractivity contribution in [1.82, 2.24) is 15.8 Å². The number of hydrogen-bond acceptors (Lipinski definition) is 4. The highest BCUT2D eigenvalue weighted by atomic mass is 16.5. The zero-order chi connectivity index (χ0) is 18.0. The maximum Gasteiger partial charge on any atom is 0.344 e. The second-order valence-corrected chi connectivity index (χ2v) is 6.86. The van der Waals surface area contributed by atoms with Gasteiger partial charge in [0.25, 0.3) is 11.8 Å². The Kier molecular flexibility index (Phi) is 4.65. The lowest BCUT2D eigenvalue weighted by atomic mass is 9.82. The summed E-state index contributed by atoms with van der Waals surface area (Å²) in [5.74, 6) is -0.346. The lowest BCUT2D eigenvalue weighted by Gasteiger charge is -2.30. The van der Waals surface area contributed by atoms with Crippen molar-refractivity contribution < 1.29 is 19.1 Å². The van der Waals surface area contributed by atoms with Crippen LogP contribution in [-0.2, 0) is 9.59 Å². The number of carbonyl (C=O) groups excluding carboxylic acids is 3. The van der Waals surface area contributed by atoms with E-state index in [-0.39, 0.29) is 12.5 Å². The van der Waals surface area contributed by atoms with E-state index < -0.39 is 17.5 Å². The first-order chi connectivity index (χ1) is 11.9. The molecule has 3 rings (SSSR count). The highest BCUT2D eigenvalue weighted by Crippen LogP contribution is 2.32. The Bertz CT molecular complexity index is 690. The van der Waals surface area contributed by atoms with Crippen molar-refractivity contribution in [3.8, 4) is 5.75 Å². The Labute approximate surface area is 146 Å². The topological polar surface area (TPSA) is 87.7 Å². The zero-order valence-corrected chi connectivity index (χ0v) is 14.6. The fraction of sp³-hybridized carbons (Fsp3) is 0.500. The molecule has 0 bridgehead atoms. The molecule has 7 nitrogen and oxygen atoms in total. The first-order valence-corrected chi connectivity index (χ1v) is 8.57. The van der Waals surface area contributed by atoms with Crippen LogP contribution in [0.15, 0.2) is 18.2 Å². The minimum atomic E-state index is -0.850. The molecular formula is C18H23N3O4. The lowest BCUT2D eigenvalue weighted by Crippen LogP contribution is -2.51. The summed E-state index contributed by atoms with van der Waals surface area (Å²) in [6, 6.07) is 5.08. The number of ether oxygens (including phenoxy) is 1. The van der Waals surface area contributed by atoms with Crippen LogP contribution >= 0.6 is 0 Å². The number of rotatable bonds is 4. The minimum Gasteiger partial charge on any atom is -0.484 e. The van der Waals surface area contributed by atoms with Gasteiger partial charge in [-0.2, -0.15) is 5.01 Å². The average Bonchev–Trinajstić information content (AvgIpc) is 2.77. The van der Waals surface area contributed by atoms with Crippen molar-refractivity contribution in [1.29, 1.82) is 0 Å². The Morgan fingerprint density at radius 1 is 1.16 bits per heavy atom. The number of aryl methyl sites for hydroxylation is 2. The van der Waals surface area contributed by atoms with E-state index in [1.54, 1.807) is 0 Å². The summed E-state index contributed by atoms with van der Waals surface area (Å²) in [6.07, 6.45) is 4.07. The number of carbonyl (C=O) groups is 3. The van der Waals surface area contributed by atoms with E-state index >= 15 is 0 Å². The quantitative estimate of drug-likeness (QED) is 0.817. The molecule has 1 aliphatic carbocycles. The molecular weight excluding hydrogens is 322 g/mol. The standard InChI is InChI=1S/C18H23N3O4/c1-12-8-13(2)10-14(9-12)25-11-15(22)20-21-16(23)18(19-17(21)24)6-4-3-5-7-18/h8-10H,3-7,11H2,1-2H3,(H,19,24)(H,20,22). The van der Waals surface area contributed by atoms with Gasteiger partial charge < -0.3 is 10.1 Å². The van der Waals surface area contributed by atoms with Crippen LogP contribution in [0, 0.1) is 13.8 Å². The van der Waals surface area contributed by atoms with E-state index in [1.807, 2.05) is 32.0 Å². The van der Waals surface area contributed by atoms with Crippen LogP contribution in [-0.4, -0.2) is 35.0 Å². The summed E-state index contributed by atoms with van der Waals surface area (Å²) in [4.78, 5) is 36.8. The van der Waals surface area contributed by atoms with Crippen LogP contribution in [0.1, 0.15) is 43.2 Å². The fourth-order valence-corrected chi connectivity index (χ4v) is 3.54. The molecule has 2 fully saturated rings. The van der Waals surface area contributed by atoms with Crippen molar-refractivity contribution >= 4 is 17.8 Å². The predicted octanol–water partition coefficient (Wildman–Crippen LogP) is 1.97. The molecule has 1 saturated carbocycles. The highest BCUT2D eigenvalue weighted by molar-refractivity contribution is 6.08. The molecule has 1 spiro atoms. The third-order valence-electron chi connectivity index (χ3n) is 4.67. The Hall–Kier alpha value is -2.57. The van der Waals surface area contributed by atoms with Crippen molar-refractivity contribution in [2.45, 2.75) is 51.5 Å². The molecule has 0 atom stereocenters. The van der Waals surface area contributed by atoms with Crippen LogP contribution in [0.4, 0.5) is 4.79 Å². The molecule has 1 heterocycles. The molecule has 25 heavy (non-hydrogen) atoms. The van der Waals surface area contributed by atoms with E-state index in [9.17, 15) is 14.4 Å². The largest absolute Gasteiger partial charge is 0.484 e. The number of nitrogens with one attached hydrogen (secondary N) is 2. The summed E-state index contributed by atoms with van der Waals surface area (Å²) < 4.78 is 5.47. The summed E-state index contributed by atoms with van der Waals surface area (Å²) in [5.41, 5.74) is 3.57. The third-order valence-corrected chi connectivity index (χ3v) is 4.67. The molecule has 1 aliphatic heterocycles. The molecule has 4 amide bonds. The molecule has 1 aromatic carbocycles. The van der Waals surface area contributed by atoms with Crippen LogP contribution in [0.2, 0.25) is 0 Å². The number of amides is 4. The zero-order valence-electron chi connectivity index (χ0n) is 14.6. The van der Waals surface area contributed by atoms with Crippen LogP contribution < -0.4 is 15.5 Å². The van der Waals surface area contributed by atoms with Gasteiger partial charge in [0.05, 0.1) is 0 Å². The minimum absolute atomic E-state index is 0.271. The van der Waals surface area contributed by atoms with Crippen LogP contribution in [0.25, 0.3) is 0 Å². The maximum absolute atomic E-state index is 12.6. The van der Waals surface area contributed by atoms with Gasteiger partial charge in [-0.15, -0.1) is 0 Å². The molecule has 7 heteroatoms. The van der Waals surface area contributed by atoms with Crippen molar-refractivity contribution in [3.63, 3.8) is 0 Å². The Morgan fingerprint density at radius 3 is 2.44 bits per heavy atom. The van der Waals surface area contributed by atoms with Crippen LogP contribution in [0.3, 0.4) is 0 Å². The van der Waals surface area contributed by atoms with Gasteiger partial charge >= 0.3 is 6.03 Å². The van der Waals surface area contributed by atoms with E-state index in [0.717, 1.165) is 35.4 Å². The van der Waals surface area contributed by atoms with Gasteiger partial charge in [0, 0.05) is 0 Å². The van der Waals surface area contributed by atoms with E-state index in [0.29, 0.717) is 18.6 Å². The first-order valence-electron chi connectivity index (χ1n) is 8.57. The van der Waals surface area contributed by atoms with Gasteiger partial charge in [0.2, 0.25) is 0 Å². The molecule has 0 unspecified atom stereocenters. The molecule has 134 valence electrons. The lowest BCUT2D eigenvalue weighted by molar-refractivity contribution is -0.140. The molecule has 0 radical (unpaired) electrons. The van der Waals surface area contributed by atoms with Crippen molar-refractivity contribution in [2.75, 3.05) is 6.61 Å². The second-order valence-electron chi connectivity index (χ2n) is 6.86. The normalized spacial score (nSPS) is 19.0. The second kappa shape index (κ2) is 6.74. The number of hydrogen-bond donors (Lipinski definition) is 2. The van der Waals surface area contributed by atoms with Gasteiger partial charge in [-0.1, -0.05) is 25.3 Å². The maximum atomic E-state index is 12.6. The average molecular weight is 345 g/mol. The highest BCUT2D eigenvalue weighted by Gasteiger charge is 2.52. The number of imide groups is 1. The number of urea groups is 1. The van der Waals surface area contributed by atoms with Crippen LogP contribution in [0.5, 0.6) is 5.75 Å². The fourth-order valence-electron chi connectivity index (χ4n) is 3.54. The van der Waals surface area contributed by atoms with E-state index in [4.69, 9.17) is 4.74 Å². The summed E-state index contributed by atoms with van der Waals surface area (Å²) in [7, 11) is 0. The van der Waals surface area contributed by atoms with Gasteiger partial charge in [-0.25, -0.2) is 4.79 Å². The first kappa shape index (κ1) is 17.3. The summed E-state index contributed by atoms with van der Waals surface area (Å²) in [5, 5.41) is 3.54.